The molecule has 0 spiro atoms. The lowest BCUT2D eigenvalue weighted by Gasteiger charge is -2.08. The Hall–Kier alpha value is -1.34. The predicted octanol–water partition coefficient (Wildman–Crippen LogP) is 2.40. The summed E-state index contributed by atoms with van der Waals surface area (Å²) in [5.74, 6) is -0.236. The summed E-state index contributed by atoms with van der Waals surface area (Å²) in [6, 6.07) is 6.98. The van der Waals surface area contributed by atoms with E-state index in [9.17, 15) is 4.79 Å². The van der Waals surface area contributed by atoms with Gasteiger partial charge in [0.15, 0.2) is 0 Å². The number of carbonyl (C=O) groups is 1. The summed E-state index contributed by atoms with van der Waals surface area (Å²) in [4.78, 5) is 11.7. The second-order valence-corrected chi connectivity index (χ2v) is 4.16. The molecule has 1 aromatic carbocycles. The van der Waals surface area contributed by atoms with Crippen molar-refractivity contribution >= 4 is 21.8 Å². The molecule has 4 heteroatoms. The fourth-order valence-electron chi connectivity index (χ4n) is 1.12. The Bertz CT molecular complexity index is 423. The molecule has 1 unspecified atom stereocenters. The van der Waals surface area contributed by atoms with E-state index >= 15 is 0 Å². The highest BCUT2D eigenvalue weighted by molar-refractivity contribution is 9.10. The number of hydrogen-bond acceptors (Lipinski definition) is 2. The van der Waals surface area contributed by atoms with E-state index in [1.165, 1.54) is 0 Å². The zero-order chi connectivity index (χ0) is 11.4. The minimum absolute atomic E-state index is 0.236. The maximum atomic E-state index is 11.7. The lowest BCUT2D eigenvalue weighted by Crippen LogP contribution is -2.31. The number of nitrogens with zero attached hydrogens (tertiary/aromatic N) is 1. The first kappa shape index (κ1) is 11.7. The van der Waals surface area contributed by atoms with Crippen molar-refractivity contribution in [3.05, 3.63) is 33.8 Å². The molecule has 0 saturated heterocycles. The number of benzene rings is 1. The van der Waals surface area contributed by atoms with Crippen LogP contribution in [-0.2, 0) is 0 Å². The average molecular weight is 267 g/mol. The van der Waals surface area contributed by atoms with Gasteiger partial charge in [0.2, 0.25) is 0 Å². The number of hydrogen-bond donors (Lipinski definition) is 1. The van der Waals surface area contributed by atoms with Crippen LogP contribution in [0.3, 0.4) is 0 Å². The molecule has 0 aromatic heterocycles. The number of aryl methyl sites for hydroxylation is 1. The molecule has 1 aromatic rings. The van der Waals surface area contributed by atoms with Crippen molar-refractivity contribution in [3.63, 3.8) is 0 Å². The van der Waals surface area contributed by atoms with Gasteiger partial charge in [0.05, 0.1) is 11.6 Å². The van der Waals surface area contributed by atoms with Crippen LogP contribution in [0, 0.1) is 18.3 Å². The number of carbonyl (C=O) groups excluding carboxylic acids is 1. The molecular formula is C11H11BrN2O. The fraction of sp³-hybridized carbons (Fsp3) is 0.273. The van der Waals surface area contributed by atoms with Gasteiger partial charge in [0.25, 0.3) is 5.91 Å². The number of nitrogens with one attached hydrogen (secondary N) is 1. The quantitative estimate of drug-likeness (QED) is 0.894. The number of nitriles is 1. The maximum absolute atomic E-state index is 11.7. The van der Waals surface area contributed by atoms with Crippen molar-refractivity contribution in [2.75, 3.05) is 0 Å². The second kappa shape index (κ2) is 4.94. The van der Waals surface area contributed by atoms with Crippen molar-refractivity contribution in [1.29, 1.82) is 5.26 Å². The standard InChI is InChI=1S/C11H11BrN2O/c1-7-3-4-10(12)9(5-7)11(15)14-8(2)6-13/h3-5,8H,1-2H3,(H,14,15). The molecule has 0 heterocycles. The third-order valence-corrected chi connectivity index (χ3v) is 2.60. The van der Waals surface area contributed by atoms with Gasteiger partial charge >= 0.3 is 0 Å². The lowest BCUT2D eigenvalue weighted by atomic mass is 10.1. The molecule has 15 heavy (non-hydrogen) atoms. The summed E-state index contributed by atoms with van der Waals surface area (Å²) in [6.45, 7) is 3.55. The van der Waals surface area contributed by atoms with Crippen LogP contribution in [0.15, 0.2) is 22.7 Å². The van der Waals surface area contributed by atoms with Gasteiger partial charge in [-0.3, -0.25) is 4.79 Å². The monoisotopic (exact) mass is 266 g/mol. The largest absolute Gasteiger partial charge is 0.336 e. The van der Waals surface area contributed by atoms with E-state index in [2.05, 4.69) is 21.2 Å². The van der Waals surface area contributed by atoms with Gasteiger partial charge in [0.1, 0.15) is 6.04 Å². The minimum atomic E-state index is -0.482. The van der Waals surface area contributed by atoms with Gasteiger partial charge in [-0.05, 0) is 41.9 Å². The van der Waals surface area contributed by atoms with Gasteiger partial charge in [-0.15, -0.1) is 0 Å². The normalized spacial score (nSPS) is 11.6. The van der Waals surface area contributed by atoms with E-state index in [1.54, 1.807) is 13.0 Å². The summed E-state index contributed by atoms with van der Waals surface area (Å²) in [6.07, 6.45) is 0. The van der Waals surface area contributed by atoms with E-state index < -0.39 is 6.04 Å². The molecule has 0 fully saturated rings. The van der Waals surface area contributed by atoms with Gasteiger partial charge < -0.3 is 5.32 Å². The first-order valence-electron chi connectivity index (χ1n) is 4.51. The first-order valence-corrected chi connectivity index (χ1v) is 5.30. The van der Waals surface area contributed by atoms with Crippen molar-refractivity contribution < 1.29 is 4.79 Å². The highest BCUT2D eigenvalue weighted by Crippen LogP contribution is 2.17. The Labute approximate surface area is 97.2 Å². The van der Waals surface area contributed by atoms with E-state index in [-0.39, 0.29) is 5.91 Å². The summed E-state index contributed by atoms with van der Waals surface area (Å²) in [5, 5.41) is 11.2. The number of halogens is 1. The molecule has 3 nitrogen and oxygen atoms in total. The van der Waals surface area contributed by atoms with Crippen LogP contribution in [-0.4, -0.2) is 11.9 Å². The van der Waals surface area contributed by atoms with E-state index in [1.807, 2.05) is 25.1 Å². The Morgan fingerprint density at radius 3 is 2.87 bits per heavy atom. The summed E-state index contributed by atoms with van der Waals surface area (Å²) < 4.78 is 0.732. The molecule has 0 aliphatic heterocycles. The average Bonchev–Trinajstić information content (AvgIpc) is 2.21. The maximum Gasteiger partial charge on any atom is 0.253 e. The minimum Gasteiger partial charge on any atom is -0.336 e. The van der Waals surface area contributed by atoms with Crippen LogP contribution in [0.5, 0.6) is 0 Å². The highest BCUT2D eigenvalue weighted by Gasteiger charge is 2.12. The number of amides is 1. The SMILES string of the molecule is Cc1ccc(Br)c(C(=O)NC(C)C#N)c1. The van der Waals surface area contributed by atoms with Crippen molar-refractivity contribution in [2.45, 2.75) is 19.9 Å². The van der Waals surface area contributed by atoms with Gasteiger partial charge in [-0.1, -0.05) is 11.6 Å². The molecule has 1 amide bonds. The molecule has 0 saturated carbocycles. The van der Waals surface area contributed by atoms with Gasteiger partial charge in [0, 0.05) is 4.47 Å². The third kappa shape index (κ3) is 3.07. The van der Waals surface area contributed by atoms with E-state index in [0.717, 1.165) is 10.0 Å². The van der Waals surface area contributed by atoms with Gasteiger partial charge in [-0.25, -0.2) is 0 Å². The molecule has 0 aliphatic carbocycles. The van der Waals surface area contributed by atoms with Crippen LogP contribution < -0.4 is 5.32 Å². The molecule has 0 radical (unpaired) electrons. The van der Waals surface area contributed by atoms with Crippen LogP contribution in [0.4, 0.5) is 0 Å². The molecule has 1 rings (SSSR count). The zero-order valence-electron chi connectivity index (χ0n) is 8.54. The molecule has 78 valence electrons. The Balaban J connectivity index is 2.92. The molecule has 1 atom stereocenters. The van der Waals surface area contributed by atoms with Gasteiger partial charge in [-0.2, -0.15) is 5.26 Å². The highest BCUT2D eigenvalue weighted by atomic mass is 79.9. The second-order valence-electron chi connectivity index (χ2n) is 3.31. The summed E-state index contributed by atoms with van der Waals surface area (Å²) in [5.41, 5.74) is 1.56. The van der Waals surface area contributed by atoms with Crippen LogP contribution in [0.25, 0.3) is 0 Å². The first-order chi connectivity index (χ1) is 7.04. The van der Waals surface area contributed by atoms with Crippen LogP contribution in [0.1, 0.15) is 22.8 Å². The van der Waals surface area contributed by atoms with Crippen molar-refractivity contribution in [1.82, 2.24) is 5.32 Å². The summed E-state index contributed by atoms with van der Waals surface area (Å²) in [7, 11) is 0. The third-order valence-electron chi connectivity index (χ3n) is 1.91. The lowest BCUT2D eigenvalue weighted by molar-refractivity contribution is 0.0947. The van der Waals surface area contributed by atoms with Crippen LogP contribution >= 0.6 is 15.9 Å². The topological polar surface area (TPSA) is 52.9 Å². The molecule has 1 N–H and O–H groups in total. The molecular weight excluding hydrogens is 256 g/mol. The van der Waals surface area contributed by atoms with E-state index in [0.29, 0.717) is 5.56 Å². The van der Waals surface area contributed by atoms with Crippen molar-refractivity contribution in [3.8, 4) is 6.07 Å². The van der Waals surface area contributed by atoms with Crippen LogP contribution in [0.2, 0.25) is 0 Å². The Morgan fingerprint density at radius 2 is 2.27 bits per heavy atom. The van der Waals surface area contributed by atoms with Crippen molar-refractivity contribution in [2.24, 2.45) is 0 Å². The predicted molar refractivity (Wildman–Crippen MR) is 61.4 cm³/mol. The van der Waals surface area contributed by atoms with E-state index in [4.69, 9.17) is 5.26 Å². The molecule has 0 bridgehead atoms. The summed E-state index contributed by atoms with van der Waals surface area (Å²) >= 11 is 3.30. The smallest absolute Gasteiger partial charge is 0.253 e. The Kier molecular flexibility index (Phi) is 3.87. The Morgan fingerprint density at radius 1 is 1.60 bits per heavy atom. The molecule has 0 aliphatic rings. The fourth-order valence-corrected chi connectivity index (χ4v) is 1.55. The zero-order valence-corrected chi connectivity index (χ0v) is 10.1. The number of rotatable bonds is 2.